The van der Waals surface area contributed by atoms with E-state index in [0.717, 1.165) is 12.8 Å². The number of carbonyl (C=O) groups is 3. The van der Waals surface area contributed by atoms with Crippen LogP contribution in [0.15, 0.2) is 0 Å². The van der Waals surface area contributed by atoms with Crippen LogP contribution < -0.4 is 11.1 Å². The monoisotopic (exact) mass is 274 g/mol. The van der Waals surface area contributed by atoms with Crippen molar-refractivity contribution in [1.29, 1.82) is 0 Å². The number of esters is 1. The molecule has 0 saturated carbocycles. The summed E-state index contributed by atoms with van der Waals surface area (Å²) in [5, 5.41) is 10.9. The van der Waals surface area contributed by atoms with Crippen molar-refractivity contribution < 1.29 is 24.2 Å². The molecule has 0 bridgehead atoms. The maximum absolute atomic E-state index is 11.4. The van der Waals surface area contributed by atoms with E-state index in [9.17, 15) is 14.4 Å². The van der Waals surface area contributed by atoms with E-state index in [0.29, 0.717) is 0 Å². The largest absolute Gasteiger partial charge is 0.481 e. The van der Waals surface area contributed by atoms with E-state index >= 15 is 0 Å². The third kappa shape index (κ3) is 8.15. The summed E-state index contributed by atoms with van der Waals surface area (Å²) in [4.78, 5) is 33.1. The number of aliphatic carboxylic acids is 1. The molecule has 0 spiro atoms. The van der Waals surface area contributed by atoms with Crippen LogP contribution in [-0.4, -0.2) is 41.6 Å². The van der Waals surface area contributed by atoms with Gasteiger partial charge in [-0.2, -0.15) is 0 Å². The Morgan fingerprint density at radius 3 is 2.32 bits per heavy atom. The average Bonchev–Trinajstić information content (AvgIpc) is 2.34. The smallest absolute Gasteiger partial charge is 0.307 e. The molecule has 7 nitrogen and oxygen atoms in total. The van der Waals surface area contributed by atoms with E-state index in [-0.39, 0.29) is 25.0 Å². The van der Waals surface area contributed by atoms with Gasteiger partial charge in [0, 0.05) is 6.54 Å². The van der Waals surface area contributed by atoms with E-state index in [1.807, 2.05) is 13.8 Å². The second kappa shape index (κ2) is 9.32. The molecule has 0 radical (unpaired) electrons. The van der Waals surface area contributed by atoms with Crippen molar-refractivity contribution in [2.45, 2.75) is 51.7 Å². The van der Waals surface area contributed by atoms with Crippen LogP contribution in [0.3, 0.4) is 0 Å². The topological polar surface area (TPSA) is 119 Å². The molecular weight excluding hydrogens is 252 g/mol. The van der Waals surface area contributed by atoms with Gasteiger partial charge in [0.25, 0.3) is 0 Å². The summed E-state index contributed by atoms with van der Waals surface area (Å²) in [5.74, 6) is -2.12. The lowest BCUT2D eigenvalue weighted by molar-refractivity contribution is -0.149. The van der Waals surface area contributed by atoms with Crippen LogP contribution in [0.4, 0.5) is 0 Å². The molecule has 0 unspecified atom stereocenters. The third-order valence-electron chi connectivity index (χ3n) is 2.57. The van der Waals surface area contributed by atoms with Crippen LogP contribution in [0.2, 0.25) is 0 Å². The Labute approximate surface area is 112 Å². The van der Waals surface area contributed by atoms with Crippen LogP contribution >= 0.6 is 0 Å². The lowest BCUT2D eigenvalue weighted by Gasteiger charge is -2.14. The lowest BCUT2D eigenvalue weighted by Crippen LogP contribution is -2.42. The number of nitrogens with one attached hydrogen (secondary N) is 1. The minimum atomic E-state index is -1.14. The van der Waals surface area contributed by atoms with Gasteiger partial charge in [-0.15, -0.1) is 0 Å². The molecule has 19 heavy (non-hydrogen) atoms. The predicted octanol–water partition coefficient (Wildman–Crippen LogP) is 0.0265. The van der Waals surface area contributed by atoms with Crippen LogP contribution in [0.5, 0.6) is 0 Å². The summed E-state index contributed by atoms with van der Waals surface area (Å²) in [6.45, 7) is 3.94. The highest BCUT2D eigenvalue weighted by Crippen LogP contribution is 2.03. The summed E-state index contributed by atoms with van der Waals surface area (Å²) < 4.78 is 5.14. The highest BCUT2D eigenvalue weighted by molar-refractivity contribution is 5.86. The highest BCUT2D eigenvalue weighted by Gasteiger charge is 2.17. The van der Waals surface area contributed by atoms with Crippen molar-refractivity contribution in [2.75, 3.05) is 6.54 Å². The van der Waals surface area contributed by atoms with Gasteiger partial charge in [0.05, 0.1) is 18.9 Å². The fraction of sp³-hybridized carbons (Fsp3) is 0.750. The fourth-order valence-corrected chi connectivity index (χ4v) is 1.40. The number of carboxylic acid groups (broad SMARTS) is 1. The number of carbonyl (C=O) groups excluding carboxylic acids is 2. The molecule has 4 N–H and O–H groups in total. The van der Waals surface area contributed by atoms with Gasteiger partial charge >= 0.3 is 11.9 Å². The SMILES string of the molecule is CCC(CC)OC(=O)CCNC(=O)[C@H](N)CC(=O)O. The highest BCUT2D eigenvalue weighted by atomic mass is 16.5. The second-order valence-corrected chi connectivity index (χ2v) is 4.17. The van der Waals surface area contributed by atoms with Gasteiger partial charge in [0.2, 0.25) is 5.91 Å². The maximum atomic E-state index is 11.4. The van der Waals surface area contributed by atoms with Gasteiger partial charge in [-0.05, 0) is 12.8 Å². The van der Waals surface area contributed by atoms with Gasteiger partial charge in [0.1, 0.15) is 6.10 Å². The molecule has 0 saturated heterocycles. The summed E-state index contributed by atoms with van der Waals surface area (Å²) in [6, 6.07) is -1.10. The minimum absolute atomic E-state index is 0.0437. The molecule has 110 valence electrons. The molecular formula is C12H22N2O5. The summed E-state index contributed by atoms with van der Waals surface area (Å²) >= 11 is 0. The molecule has 7 heteroatoms. The van der Waals surface area contributed by atoms with Gasteiger partial charge in [-0.25, -0.2) is 0 Å². The standard InChI is InChI=1S/C12H22N2O5/c1-3-8(4-2)19-11(17)5-6-14-12(18)9(13)7-10(15)16/h8-9H,3-7,13H2,1-2H3,(H,14,18)(H,15,16)/t9-/m1/s1. The van der Waals surface area contributed by atoms with E-state index < -0.39 is 24.3 Å². The van der Waals surface area contributed by atoms with Crippen LogP contribution in [-0.2, 0) is 19.1 Å². The number of nitrogens with two attached hydrogens (primary N) is 1. The van der Waals surface area contributed by atoms with Crippen LogP contribution in [0.1, 0.15) is 39.5 Å². The van der Waals surface area contributed by atoms with Crippen LogP contribution in [0.25, 0.3) is 0 Å². The Kier molecular flexibility index (Phi) is 8.52. The van der Waals surface area contributed by atoms with Gasteiger partial charge in [-0.3, -0.25) is 14.4 Å². The number of carboxylic acids is 1. The first-order valence-electron chi connectivity index (χ1n) is 6.35. The van der Waals surface area contributed by atoms with Gasteiger partial charge in [0.15, 0.2) is 0 Å². The summed E-state index contributed by atoms with van der Waals surface area (Å²) in [6.07, 6.45) is 1.000. The van der Waals surface area contributed by atoms with Crippen molar-refractivity contribution in [3.05, 3.63) is 0 Å². The molecule has 0 rings (SSSR count). The maximum Gasteiger partial charge on any atom is 0.307 e. The normalized spacial score (nSPS) is 12.0. The Hall–Kier alpha value is -1.63. The first-order chi connectivity index (χ1) is 8.90. The predicted molar refractivity (Wildman–Crippen MR) is 68.3 cm³/mol. The Balaban J connectivity index is 3.86. The number of rotatable bonds is 9. The number of hydrogen-bond acceptors (Lipinski definition) is 5. The van der Waals surface area contributed by atoms with Crippen molar-refractivity contribution in [3.63, 3.8) is 0 Å². The third-order valence-corrected chi connectivity index (χ3v) is 2.57. The molecule has 1 amide bonds. The molecule has 0 aliphatic rings. The van der Waals surface area contributed by atoms with Crippen molar-refractivity contribution in [2.24, 2.45) is 5.73 Å². The lowest BCUT2D eigenvalue weighted by atomic mass is 10.2. The number of hydrogen-bond donors (Lipinski definition) is 3. The molecule has 0 heterocycles. The molecule has 0 aromatic rings. The molecule has 1 atom stereocenters. The van der Waals surface area contributed by atoms with Gasteiger partial charge in [-0.1, -0.05) is 13.8 Å². The first kappa shape index (κ1) is 17.4. The number of amides is 1. The number of ether oxygens (including phenoxy) is 1. The Morgan fingerprint density at radius 1 is 1.26 bits per heavy atom. The second-order valence-electron chi connectivity index (χ2n) is 4.17. The zero-order valence-electron chi connectivity index (χ0n) is 11.3. The van der Waals surface area contributed by atoms with Crippen molar-refractivity contribution in [3.8, 4) is 0 Å². The minimum Gasteiger partial charge on any atom is -0.481 e. The zero-order valence-corrected chi connectivity index (χ0v) is 11.3. The molecule has 0 aromatic heterocycles. The molecule has 0 aliphatic carbocycles. The van der Waals surface area contributed by atoms with E-state index in [1.165, 1.54) is 0 Å². The van der Waals surface area contributed by atoms with Gasteiger partial charge < -0.3 is 20.9 Å². The molecule has 0 fully saturated rings. The summed E-state index contributed by atoms with van der Waals surface area (Å²) in [7, 11) is 0. The fourth-order valence-electron chi connectivity index (χ4n) is 1.40. The van der Waals surface area contributed by atoms with E-state index in [2.05, 4.69) is 5.32 Å². The Morgan fingerprint density at radius 2 is 1.84 bits per heavy atom. The van der Waals surface area contributed by atoms with E-state index in [1.54, 1.807) is 0 Å². The zero-order chi connectivity index (χ0) is 14.8. The quantitative estimate of drug-likeness (QED) is 0.510. The van der Waals surface area contributed by atoms with Crippen molar-refractivity contribution >= 4 is 17.8 Å². The first-order valence-corrected chi connectivity index (χ1v) is 6.35. The van der Waals surface area contributed by atoms with Crippen molar-refractivity contribution in [1.82, 2.24) is 5.32 Å². The van der Waals surface area contributed by atoms with Crippen LogP contribution in [0, 0.1) is 0 Å². The Bertz CT molecular complexity index is 315. The van der Waals surface area contributed by atoms with E-state index in [4.69, 9.17) is 15.6 Å². The average molecular weight is 274 g/mol. The molecule has 0 aromatic carbocycles. The summed E-state index contributed by atoms with van der Waals surface area (Å²) in [5.41, 5.74) is 5.35. The molecule has 0 aliphatic heterocycles.